The molecule has 0 radical (unpaired) electrons. The topological polar surface area (TPSA) is 43.4 Å². The zero-order chi connectivity index (χ0) is 16.7. The minimum atomic E-state index is -0.278. The Morgan fingerprint density at radius 3 is 2.08 bits per heavy atom. The lowest BCUT2D eigenvalue weighted by atomic mass is 9.49. The Hall–Kier alpha value is -1.90. The van der Waals surface area contributed by atoms with E-state index in [1.165, 1.54) is 25.3 Å². The molecule has 3 nitrogen and oxygen atoms in total. The van der Waals surface area contributed by atoms with Crippen molar-refractivity contribution in [3.05, 3.63) is 47.7 Å². The Balaban J connectivity index is 1.46. The molecule has 0 spiro atoms. The van der Waals surface area contributed by atoms with Gasteiger partial charge >= 0.3 is 5.97 Å². The van der Waals surface area contributed by atoms with Crippen molar-refractivity contribution in [3.63, 3.8) is 0 Å². The van der Waals surface area contributed by atoms with Gasteiger partial charge in [0.05, 0.1) is 5.41 Å². The predicted octanol–water partition coefficient (Wildman–Crippen LogP) is 4.53. The molecule has 0 saturated heterocycles. The van der Waals surface area contributed by atoms with E-state index in [4.69, 9.17) is 4.74 Å². The van der Waals surface area contributed by atoms with Crippen LogP contribution in [0.15, 0.2) is 42.2 Å². The molecule has 1 aromatic carbocycles. The molecule has 24 heavy (non-hydrogen) atoms. The third-order valence-electron chi connectivity index (χ3n) is 6.12. The molecule has 3 heteroatoms. The standard InChI is InChI=1S/C21H24O3/c1-14(7-19(22)18-5-3-2-4-6-18)24-20(23)21-11-15-8-16(12-21)10-17(9-15)13-21/h2-7,15-17H,8-13H2,1H3. The molecule has 126 valence electrons. The normalized spacial score (nSPS) is 34.2. The van der Waals surface area contributed by atoms with Gasteiger partial charge in [-0.3, -0.25) is 9.59 Å². The monoisotopic (exact) mass is 324 g/mol. The van der Waals surface area contributed by atoms with Crippen LogP contribution in [-0.4, -0.2) is 11.8 Å². The number of carbonyl (C=O) groups is 2. The van der Waals surface area contributed by atoms with Gasteiger partial charge in [0, 0.05) is 11.6 Å². The quantitative estimate of drug-likeness (QED) is 0.354. The van der Waals surface area contributed by atoms with Crippen LogP contribution >= 0.6 is 0 Å². The lowest BCUT2D eigenvalue weighted by molar-refractivity contribution is -0.167. The summed E-state index contributed by atoms with van der Waals surface area (Å²) < 4.78 is 5.63. The number of benzene rings is 1. The molecule has 0 aromatic heterocycles. The van der Waals surface area contributed by atoms with E-state index in [9.17, 15) is 9.59 Å². The Labute approximate surface area is 143 Å². The molecule has 0 heterocycles. The Bertz CT molecular complexity index is 651. The van der Waals surface area contributed by atoms with E-state index >= 15 is 0 Å². The number of ether oxygens (including phenoxy) is 1. The van der Waals surface area contributed by atoms with Gasteiger partial charge in [-0.1, -0.05) is 30.3 Å². The molecule has 4 fully saturated rings. The van der Waals surface area contributed by atoms with E-state index in [1.807, 2.05) is 18.2 Å². The van der Waals surface area contributed by atoms with Gasteiger partial charge in [-0.2, -0.15) is 0 Å². The predicted molar refractivity (Wildman–Crippen MR) is 91.2 cm³/mol. The number of hydrogen-bond donors (Lipinski definition) is 0. The van der Waals surface area contributed by atoms with Crippen LogP contribution in [-0.2, 0) is 9.53 Å². The number of hydrogen-bond acceptors (Lipinski definition) is 3. The third kappa shape index (κ3) is 2.81. The summed E-state index contributed by atoms with van der Waals surface area (Å²) in [7, 11) is 0. The first-order valence-corrected chi connectivity index (χ1v) is 9.04. The van der Waals surface area contributed by atoms with Gasteiger partial charge in [-0.15, -0.1) is 0 Å². The molecule has 4 aliphatic rings. The minimum Gasteiger partial charge on any atom is -0.431 e. The van der Waals surface area contributed by atoms with Crippen molar-refractivity contribution in [1.82, 2.24) is 0 Å². The zero-order valence-corrected chi connectivity index (χ0v) is 14.2. The first-order chi connectivity index (χ1) is 11.5. The summed E-state index contributed by atoms with van der Waals surface area (Å²) in [5.41, 5.74) is 0.335. The first kappa shape index (κ1) is 15.6. The van der Waals surface area contributed by atoms with Gasteiger partial charge in [0.1, 0.15) is 5.76 Å². The van der Waals surface area contributed by atoms with Crippen LogP contribution in [0.2, 0.25) is 0 Å². The average molecular weight is 324 g/mol. The number of ketones is 1. The van der Waals surface area contributed by atoms with E-state index in [-0.39, 0.29) is 17.2 Å². The van der Waals surface area contributed by atoms with E-state index in [0.717, 1.165) is 19.3 Å². The fraction of sp³-hybridized carbons (Fsp3) is 0.524. The van der Waals surface area contributed by atoms with Gasteiger partial charge in [-0.05, 0) is 63.2 Å². The van der Waals surface area contributed by atoms with Crippen molar-refractivity contribution in [3.8, 4) is 0 Å². The maximum Gasteiger partial charge on any atom is 0.317 e. The summed E-state index contributed by atoms with van der Waals surface area (Å²) in [4.78, 5) is 25.1. The Morgan fingerprint density at radius 2 is 1.54 bits per heavy atom. The second kappa shape index (κ2) is 5.87. The van der Waals surface area contributed by atoms with Crippen LogP contribution in [0.4, 0.5) is 0 Å². The van der Waals surface area contributed by atoms with Crippen LogP contribution in [0.25, 0.3) is 0 Å². The molecule has 4 aliphatic carbocycles. The largest absolute Gasteiger partial charge is 0.431 e. The highest BCUT2D eigenvalue weighted by Crippen LogP contribution is 2.60. The summed E-state index contributed by atoms with van der Waals surface area (Å²) in [5, 5.41) is 0. The van der Waals surface area contributed by atoms with Gasteiger partial charge in [-0.25, -0.2) is 0 Å². The number of rotatable bonds is 4. The van der Waals surface area contributed by atoms with E-state index in [1.54, 1.807) is 19.1 Å². The van der Waals surface area contributed by atoms with Crippen molar-refractivity contribution in [2.24, 2.45) is 23.2 Å². The van der Waals surface area contributed by atoms with Crippen LogP contribution in [0.1, 0.15) is 55.8 Å². The van der Waals surface area contributed by atoms with Crippen molar-refractivity contribution in [1.29, 1.82) is 0 Å². The van der Waals surface area contributed by atoms with Crippen molar-refractivity contribution in [2.75, 3.05) is 0 Å². The van der Waals surface area contributed by atoms with Gasteiger partial charge in [0.25, 0.3) is 0 Å². The van der Waals surface area contributed by atoms with Crippen LogP contribution in [0.3, 0.4) is 0 Å². The maximum absolute atomic E-state index is 12.9. The molecule has 0 aliphatic heterocycles. The van der Waals surface area contributed by atoms with Gasteiger partial charge in [0.15, 0.2) is 5.78 Å². The van der Waals surface area contributed by atoms with Gasteiger partial charge in [0.2, 0.25) is 0 Å². The second-order valence-electron chi connectivity index (χ2n) is 8.07. The highest BCUT2D eigenvalue weighted by Gasteiger charge is 2.55. The van der Waals surface area contributed by atoms with Crippen molar-refractivity contribution >= 4 is 11.8 Å². The van der Waals surface area contributed by atoms with Crippen molar-refractivity contribution in [2.45, 2.75) is 45.4 Å². The lowest BCUT2D eigenvalue weighted by Gasteiger charge is -2.55. The number of allylic oxidation sites excluding steroid dienone is 2. The Kier molecular flexibility index (Phi) is 3.82. The number of esters is 1. The highest BCUT2D eigenvalue weighted by atomic mass is 16.5. The van der Waals surface area contributed by atoms with Crippen LogP contribution < -0.4 is 0 Å². The summed E-state index contributed by atoms with van der Waals surface area (Å²) in [6.45, 7) is 1.71. The van der Waals surface area contributed by atoms with E-state index in [2.05, 4.69) is 0 Å². The molecule has 4 saturated carbocycles. The molecule has 4 bridgehead atoms. The molecule has 0 unspecified atom stereocenters. The first-order valence-electron chi connectivity index (χ1n) is 9.04. The average Bonchev–Trinajstić information content (AvgIpc) is 2.54. The number of carbonyl (C=O) groups excluding carboxylic acids is 2. The molecule has 0 amide bonds. The molecular formula is C21H24O3. The summed E-state index contributed by atoms with van der Waals surface area (Å²) in [5.74, 6) is 2.31. The molecule has 0 atom stereocenters. The summed E-state index contributed by atoms with van der Waals surface area (Å²) in [6, 6.07) is 9.08. The fourth-order valence-electron chi connectivity index (χ4n) is 5.51. The van der Waals surface area contributed by atoms with E-state index < -0.39 is 0 Å². The zero-order valence-electron chi connectivity index (χ0n) is 14.2. The Morgan fingerprint density at radius 1 is 1.00 bits per heavy atom. The molecular weight excluding hydrogens is 300 g/mol. The lowest BCUT2D eigenvalue weighted by Crippen LogP contribution is -2.50. The van der Waals surface area contributed by atoms with Crippen LogP contribution in [0.5, 0.6) is 0 Å². The summed E-state index contributed by atoms with van der Waals surface area (Å²) >= 11 is 0. The smallest absolute Gasteiger partial charge is 0.317 e. The van der Waals surface area contributed by atoms with Gasteiger partial charge < -0.3 is 4.74 Å². The fourth-order valence-corrected chi connectivity index (χ4v) is 5.51. The minimum absolute atomic E-state index is 0.101. The summed E-state index contributed by atoms with van der Waals surface area (Å²) in [6.07, 6.45) is 8.29. The molecule has 0 N–H and O–H groups in total. The third-order valence-corrected chi connectivity index (χ3v) is 6.12. The molecule has 1 aromatic rings. The van der Waals surface area contributed by atoms with Crippen LogP contribution in [0, 0.1) is 23.2 Å². The second-order valence-corrected chi connectivity index (χ2v) is 8.07. The maximum atomic E-state index is 12.9. The van der Waals surface area contributed by atoms with Crippen molar-refractivity contribution < 1.29 is 14.3 Å². The van der Waals surface area contributed by atoms with E-state index in [0.29, 0.717) is 29.1 Å². The molecule has 5 rings (SSSR count). The highest BCUT2D eigenvalue weighted by molar-refractivity contribution is 6.04. The SMILES string of the molecule is CC(=CC(=O)c1ccccc1)OC(=O)C12CC3CC(CC(C3)C1)C2.